The first-order chi connectivity index (χ1) is 10.5. The van der Waals surface area contributed by atoms with Gasteiger partial charge in [-0.2, -0.15) is 0 Å². The Morgan fingerprint density at radius 3 is 3.00 bits per heavy atom. The summed E-state index contributed by atoms with van der Waals surface area (Å²) in [6.07, 6.45) is 1.37. The van der Waals surface area contributed by atoms with Gasteiger partial charge in [0.05, 0.1) is 12.1 Å². The van der Waals surface area contributed by atoms with E-state index in [1.54, 1.807) is 6.20 Å². The summed E-state index contributed by atoms with van der Waals surface area (Å²) in [5, 5.41) is 9.40. The predicted molar refractivity (Wildman–Crippen MR) is 75.7 cm³/mol. The van der Waals surface area contributed by atoms with Gasteiger partial charge in [0, 0.05) is 31.9 Å². The molecule has 1 unspecified atom stereocenters. The molecular weight excluding hydrogens is 292 g/mol. The number of fused-ring (bicyclic) bond motifs is 1. The quantitative estimate of drug-likeness (QED) is 0.914. The monoisotopic (exact) mass is 309 g/mol. The highest BCUT2D eigenvalue weighted by atomic mass is 19.3. The molecule has 0 aromatic carbocycles. The average molecular weight is 309 g/mol. The lowest BCUT2D eigenvalue weighted by molar-refractivity contribution is -0.130. The minimum atomic E-state index is -3.13. The molecule has 118 valence electrons. The highest BCUT2D eigenvalue weighted by molar-refractivity contribution is 5.78. The second-order valence-corrected chi connectivity index (χ2v) is 5.57. The number of aliphatic hydroxyl groups excluding tert-OH is 1. The molecule has 3 heterocycles. The summed E-state index contributed by atoms with van der Waals surface area (Å²) >= 11 is 0. The first kappa shape index (κ1) is 14.9. The van der Waals surface area contributed by atoms with Gasteiger partial charge in [0.15, 0.2) is 0 Å². The third-order valence-corrected chi connectivity index (χ3v) is 3.97. The van der Waals surface area contributed by atoms with Crippen molar-refractivity contribution in [3.8, 4) is 0 Å². The number of likely N-dealkylation sites (tertiary alicyclic amines) is 1. The molecule has 1 fully saturated rings. The van der Waals surface area contributed by atoms with E-state index in [-0.39, 0.29) is 31.8 Å². The zero-order valence-electron chi connectivity index (χ0n) is 12.0. The number of pyridine rings is 1. The minimum absolute atomic E-state index is 0.0454. The number of alkyl halides is 2. The molecule has 1 saturated heterocycles. The van der Waals surface area contributed by atoms with Crippen molar-refractivity contribution < 1.29 is 18.7 Å². The van der Waals surface area contributed by atoms with Gasteiger partial charge in [-0.3, -0.25) is 4.79 Å². The van der Waals surface area contributed by atoms with Gasteiger partial charge in [-0.25, -0.2) is 13.8 Å². The lowest BCUT2D eigenvalue weighted by Gasteiger charge is -2.19. The standard InChI is InChI=1S/C15H17F2N3O2/c16-15(17)5-8-19(7-4-12(15)21)14(22)9-11-10-20-6-2-1-3-13(20)18-11/h1-3,6,10,12,21H,4-5,7-9H2. The SMILES string of the molecule is O=C(Cc1cn2ccccc2n1)N1CCC(O)C(F)(F)CC1. The lowest BCUT2D eigenvalue weighted by atomic mass is 10.1. The molecule has 0 radical (unpaired) electrons. The number of hydrogen-bond acceptors (Lipinski definition) is 3. The summed E-state index contributed by atoms with van der Waals surface area (Å²) in [7, 11) is 0. The van der Waals surface area contributed by atoms with Crippen molar-refractivity contribution >= 4 is 11.6 Å². The number of nitrogens with zero attached hydrogens (tertiary/aromatic N) is 3. The number of aromatic nitrogens is 2. The van der Waals surface area contributed by atoms with Crippen LogP contribution in [0.1, 0.15) is 18.5 Å². The van der Waals surface area contributed by atoms with Gasteiger partial charge >= 0.3 is 0 Å². The van der Waals surface area contributed by atoms with E-state index >= 15 is 0 Å². The smallest absolute Gasteiger partial charge is 0.275 e. The normalized spacial score (nSPS) is 21.8. The Hall–Kier alpha value is -2.02. The van der Waals surface area contributed by atoms with Gasteiger partial charge in [-0.05, 0) is 18.6 Å². The maximum Gasteiger partial charge on any atom is 0.275 e. The molecule has 0 spiro atoms. The first-order valence-corrected chi connectivity index (χ1v) is 7.22. The third kappa shape index (κ3) is 2.94. The maximum absolute atomic E-state index is 13.5. The second kappa shape index (κ2) is 5.64. The topological polar surface area (TPSA) is 57.8 Å². The zero-order chi connectivity index (χ0) is 15.7. The van der Waals surface area contributed by atoms with Gasteiger partial charge in [0.25, 0.3) is 5.92 Å². The number of rotatable bonds is 2. The fourth-order valence-electron chi connectivity index (χ4n) is 2.64. The maximum atomic E-state index is 13.5. The van der Waals surface area contributed by atoms with Gasteiger partial charge < -0.3 is 14.4 Å². The van der Waals surface area contributed by atoms with Gasteiger partial charge in [0.2, 0.25) is 5.91 Å². The van der Waals surface area contributed by atoms with Crippen LogP contribution in [0, 0.1) is 0 Å². The molecule has 5 nitrogen and oxygen atoms in total. The van der Waals surface area contributed by atoms with E-state index in [2.05, 4.69) is 4.98 Å². The molecule has 2 aromatic heterocycles. The van der Waals surface area contributed by atoms with E-state index in [9.17, 15) is 18.7 Å². The number of hydrogen-bond donors (Lipinski definition) is 1. The van der Waals surface area contributed by atoms with Crippen LogP contribution in [0.2, 0.25) is 0 Å². The van der Waals surface area contributed by atoms with E-state index < -0.39 is 18.4 Å². The molecule has 7 heteroatoms. The van der Waals surface area contributed by atoms with Crippen LogP contribution in [0.3, 0.4) is 0 Å². The number of carbonyl (C=O) groups excluding carboxylic acids is 1. The molecule has 0 aliphatic carbocycles. The fraction of sp³-hybridized carbons (Fsp3) is 0.467. The summed E-state index contributed by atoms with van der Waals surface area (Å²) in [6.45, 7) is 0.0965. The highest BCUT2D eigenvalue weighted by Gasteiger charge is 2.41. The van der Waals surface area contributed by atoms with Crippen molar-refractivity contribution in [2.75, 3.05) is 13.1 Å². The van der Waals surface area contributed by atoms with E-state index in [4.69, 9.17) is 0 Å². The predicted octanol–water partition coefficient (Wildman–Crippen LogP) is 1.50. The number of carbonyl (C=O) groups is 1. The van der Waals surface area contributed by atoms with E-state index in [1.165, 1.54) is 4.90 Å². The summed E-state index contributed by atoms with van der Waals surface area (Å²) in [5.41, 5.74) is 1.34. The summed E-state index contributed by atoms with van der Waals surface area (Å²) in [6, 6.07) is 5.54. The molecule has 1 atom stereocenters. The Bertz CT molecular complexity index is 653. The van der Waals surface area contributed by atoms with Crippen molar-refractivity contribution in [2.45, 2.75) is 31.3 Å². The van der Waals surface area contributed by atoms with Crippen LogP contribution in [0.25, 0.3) is 5.65 Å². The minimum Gasteiger partial charge on any atom is -0.387 e. The fourth-order valence-corrected chi connectivity index (χ4v) is 2.64. The molecule has 1 aliphatic rings. The molecule has 0 bridgehead atoms. The lowest BCUT2D eigenvalue weighted by Crippen LogP contribution is -2.34. The highest BCUT2D eigenvalue weighted by Crippen LogP contribution is 2.28. The first-order valence-electron chi connectivity index (χ1n) is 7.22. The van der Waals surface area contributed by atoms with Gasteiger partial charge in [-0.15, -0.1) is 0 Å². The van der Waals surface area contributed by atoms with Crippen LogP contribution in [-0.4, -0.2) is 50.4 Å². The molecule has 1 N–H and O–H groups in total. The third-order valence-electron chi connectivity index (χ3n) is 3.97. The Labute approximate surface area is 126 Å². The van der Waals surface area contributed by atoms with Crippen molar-refractivity contribution in [2.24, 2.45) is 0 Å². The van der Waals surface area contributed by atoms with Crippen molar-refractivity contribution in [3.63, 3.8) is 0 Å². The Morgan fingerprint density at radius 1 is 1.41 bits per heavy atom. The number of imidazole rings is 1. The van der Waals surface area contributed by atoms with Gasteiger partial charge in [0.1, 0.15) is 11.8 Å². The van der Waals surface area contributed by atoms with Crippen LogP contribution >= 0.6 is 0 Å². The van der Waals surface area contributed by atoms with Crippen molar-refractivity contribution in [1.29, 1.82) is 0 Å². The zero-order valence-corrected chi connectivity index (χ0v) is 12.0. The van der Waals surface area contributed by atoms with Crippen LogP contribution in [0.15, 0.2) is 30.6 Å². The van der Waals surface area contributed by atoms with Crippen LogP contribution in [0.4, 0.5) is 8.78 Å². The molecule has 3 rings (SSSR count). The van der Waals surface area contributed by atoms with E-state index in [0.29, 0.717) is 5.69 Å². The largest absolute Gasteiger partial charge is 0.387 e. The van der Waals surface area contributed by atoms with Gasteiger partial charge in [-0.1, -0.05) is 6.07 Å². The Morgan fingerprint density at radius 2 is 2.23 bits per heavy atom. The molecule has 1 amide bonds. The number of halogens is 2. The summed E-state index contributed by atoms with van der Waals surface area (Å²) in [4.78, 5) is 18.0. The van der Waals surface area contributed by atoms with E-state index in [1.807, 2.05) is 28.8 Å². The van der Waals surface area contributed by atoms with E-state index in [0.717, 1.165) is 5.65 Å². The molecule has 22 heavy (non-hydrogen) atoms. The Kier molecular flexibility index (Phi) is 3.82. The number of aliphatic hydroxyl groups is 1. The Balaban J connectivity index is 1.69. The molecule has 2 aromatic rings. The second-order valence-electron chi connectivity index (χ2n) is 5.57. The number of amides is 1. The summed E-state index contributed by atoms with van der Waals surface area (Å²) < 4.78 is 28.7. The average Bonchev–Trinajstić information content (AvgIpc) is 2.82. The van der Waals surface area contributed by atoms with Crippen LogP contribution < -0.4 is 0 Å². The van der Waals surface area contributed by atoms with Crippen molar-refractivity contribution in [1.82, 2.24) is 14.3 Å². The molecule has 1 aliphatic heterocycles. The van der Waals surface area contributed by atoms with Crippen molar-refractivity contribution in [3.05, 3.63) is 36.3 Å². The van der Waals surface area contributed by atoms with Crippen LogP contribution in [-0.2, 0) is 11.2 Å². The van der Waals surface area contributed by atoms with Crippen LogP contribution in [0.5, 0.6) is 0 Å². The summed E-state index contributed by atoms with van der Waals surface area (Å²) in [5.74, 6) is -3.37. The molecule has 0 saturated carbocycles. The molecular formula is C15H17F2N3O2.